The number of aromatic carboxylic acids is 1. The molecule has 0 saturated carbocycles. The van der Waals surface area contributed by atoms with Crippen LogP contribution in [0.3, 0.4) is 0 Å². The van der Waals surface area contributed by atoms with Crippen LogP contribution in [0, 0.1) is 0 Å². The molecule has 2 N–H and O–H groups in total. The summed E-state index contributed by atoms with van der Waals surface area (Å²) in [7, 11) is 1.56. The Kier molecular flexibility index (Phi) is 4.00. The highest BCUT2D eigenvalue weighted by molar-refractivity contribution is 6.05. The maximum absolute atomic E-state index is 12.0. The number of benzene rings is 2. The van der Waals surface area contributed by atoms with E-state index in [4.69, 9.17) is 9.84 Å². The van der Waals surface area contributed by atoms with Crippen LogP contribution in [0.2, 0.25) is 0 Å². The van der Waals surface area contributed by atoms with Crippen LogP contribution in [0.4, 0.5) is 5.69 Å². The number of amides is 1. The number of hydrogen-bond acceptors (Lipinski definition) is 3. The number of hydrogen-bond donors (Lipinski definition) is 2. The maximum atomic E-state index is 12.0. The molecule has 0 fully saturated rings. The predicted octanol–water partition coefficient (Wildman–Crippen LogP) is 2.65. The Labute approximate surface area is 115 Å². The second-order valence-electron chi connectivity index (χ2n) is 4.07. The molecule has 0 aliphatic carbocycles. The van der Waals surface area contributed by atoms with Crippen molar-refractivity contribution in [3.05, 3.63) is 59.7 Å². The molecule has 0 saturated heterocycles. The van der Waals surface area contributed by atoms with Crippen LogP contribution in [0.1, 0.15) is 20.7 Å². The van der Waals surface area contributed by atoms with Gasteiger partial charge in [0.15, 0.2) is 0 Å². The van der Waals surface area contributed by atoms with Gasteiger partial charge in [-0.25, -0.2) is 4.79 Å². The molecular formula is C15H13NO4. The number of carboxylic acid groups (broad SMARTS) is 1. The summed E-state index contributed by atoms with van der Waals surface area (Å²) in [4.78, 5) is 22.9. The van der Waals surface area contributed by atoms with Crippen molar-refractivity contribution < 1.29 is 19.4 Å². The molecule has 0 spiro atoms. The van der Waals surface area contributed by atoms with Gasteiger partial charge in [-0.15, -0.1) is 0 Å². The number of nitrogens with one attached hydrogen (secondary N) is 1. The molecule has 5 nitrogen and oxygen atoms in total. The normalized spacial score (nSPS) is 9.85. The Bertz CT molecular complexity index is 635. The molecule has 0 bridgehead atoms. The van der Waals surface area contributed by atoms with E-state index in [1.54, 1.807) is 37.4 Å². The van der Waals surface area contributed by atoms with Crippen LogP contribution in [0.15, 0.2) is 48.5 Å². The number of carbonyl (C=O) groups excluding carboxylic acids is 1. The third-order valence-corrected chi connectivity index (χ3v) is 2.72. The molecule has 0 aromatic heterocycles. The topological polar surface area (TPSA) is 75.6 Å². The molecule has 1 amide bonds. The molecule has 2 rings (SSSR count). The Morgan fingerprint density at radius 2 is 1.70 bits per heavy atom. The molecule has 0 heterocycles. The lowest BCUT2D eigenvalue weighted by Crippen LogP contribution is -2.12. The smallest absolute Gasteiger partial charge is 0.335 e. The fourth-order valence-electron chi connectivity index (χ4n) is 1.67. The van der Waals surface area contributed by atoms with Gasteiger partial charge >= 0.3 is 5.97 Å². The zero-order valence-corrected chi connectivity index (χ0v) is 10.8. The first kappa shape index (κ1) is 13.6. The summed E-state index contributed by atoms with van der Waals surface area (Å²) in [5.41, 5.74) is 0.977. The largest absolute Gasteiger partial charge is 0.497 e. The third kappa shape index (κ3) is 3.14. The van der Waals surface area contributed by atoms with E-state index >= 15 is 0 Å². The zero-order valence-electron chi connectivity index (χ0n) is 10.8. The Morgan fingerprint density at radius 3 is 2.30 bits per heavy atom. The molecular weight excluding hydrogens is 258 g/mol. The van der Waals surface area contributed by atoms with Crippen molar-refractivity contribution in [2.24, 2.45) is 0 Å². The quantitative estimate of drug-likeness (QED) is 0.896. The van der Waals surface area contributed by atoms with Gasteiger partial charge in [-0.2, -0.15) is 0 Å². The maximum Gasteiger partial charge on any atom is 0.335 e. The molecule has 0 aliphatic heterocycles. The van der Waals surface area contributed by atoms with E-state index in [9.17, 15) is 9.59 Å². The van der Waals surface area contributed by atoms with Gasteiger partial charge in [0.05, 0.1) is 12.7 Å². The van der Waals surface area contributed by atoms with Crippen LogP contribution in [0.25, 0.3) is 0 Å². The Balaban J connectivity index is 2.14. The van der Waals surface area contributed by atoms with Crippen molar-refractivity contribution in [3.8, 4) is 5.75 Å². The van der Waals surface area contributed by atoms with Crippen LogP contribution in [-0.4, -0.2) is 24.1 Å². The first-order chi connectivity index (χ1) is 9.60. The number of anilines is 1. The standard InChI is InChI=1S/C15H13NO4/c1-20-13-7-5-12(6-8-13)16-14(17)10-3-2-4-11(9-10)15(18)19/h2-9H,1H3,(H,16,17)(H,18,19). The first-order valence-electron chi connectivity index (χ1n) is 5.89. The van der Waals surface area contributed by atoms with Gasteiger partial charge in [0.1, 0.15) is 5.75 Å². The third-order valence-electron chi connectivity index (χ3n) is 2.72. The highest BCUT2D eigenvalue weighted by Gasteiger charge is 2.09. The summed E-state index contributed by atoms with van der Waals surface area (Å²) in [6.45, 7) is 0. The lowest BCUT2D eigenvalue weighted by Gasteiger charge is -2.06. The Morgan fingerprint density at radius 1 is 1.05 bits per heavy atom. The van der Waals surface area contributed by atoms with Gasteiger partial charge < -0.3 is 15.2 Å². The van der Waals surface area contributed by atoms with E-state index < -0.39 is 5.97 Å². The molecule has 20 heavy (non-hydrogen) atoms. The SMILES string of the molecule is COc1ccc(NC(=O)c2cccc(C(=O)O)c2)cc1. The number of methoxy groups -OCH3 is 1. The van der Waals surface area contributed by atoms with Gasteiger partial charge in [-0.3, -0.25) is 4.79 Å². The second kappa shape index (κ2) is 5.88. The van der Waals surface area contributed by atoms with E-state index in [-0.39, 0.29) is 11.5 Å². The molecule has 0 aliphatic rings. The minimum Gasteiger partial charge on any atom is -0.497 e. The summed E-state index contributed by atoms with van der Waals surface area (Å²) < 4.78 is 5.02. The van der Waals surface area contributed by atoms with Crippen molar-refractivity contribution in [3.63, 3.8) is 0 Å². The van der Waals surface area contributed by atoms with Crippen LogP contribution >= 0.6 is 0 Å². The second-order valence-corrected chi connectivity index (χ2v) is 4.07. The van der Waals surface area contributed by atoms with Crippen molar-refractivity contribution in [2.75, 3.05) is 12.4 Å². The number of carboxylic acids is 1. The average Bonchev–Trinajstić information content (AvgIpc) is 2.48. The molecule has 5 heteroatoms. The fraction of sp³-hybridized carbons (Fsp3) is 0.0667. The van der Waals surface area contributed by atoms with Crippen molar-refractivity contribution in [1.82, 2.24) is 0 Å². The van der Waals surface area contributed by atoms with E-state index in [1.807, 2.05) is 0 Å². The predicted molar refractivity (Wildman–Crippen MR) is 74.3 cm³/mol. The van der Waals surface area contributed by atoms with Crippen LogP contribution < -0.4 is 10.1 Å². The van der Waals surface area contributed by atoms with Crippen molar-refractivity contribution in [2.45, 2.75) is 0 Å². The minimum atomic E-state index is -1.07. The number of carbonyl (C=O) groups is 2. The van der Waals surface area contributed by atoms with Gasteiger partial charge in [0.25, 0.3) is 5.91 Å². The summed E-state index contributed by atoms with van der Waals surface area (Å²) in [5, 5.41) is 11.6. The fourth-order valence-corrected chi connectivity index (χ4v) is 1.67. The Hall–Kier alpha value is -2.82. The van der Waals surface area contributed by atoms with E-state index in [1.165, 1.54) is 18.2 Å². The van der Waals surface area contributed by atoms with Gasteiger partial charge in [0, 0.05) is 11.3 Å². The number of ether oxygens (including phenoxy) is 1. The van der Waals surface area contributed by atoms with Gasteiger partial charge in [-0.05, 0) is 42.5 Å². The van der Waals surface area contributed by atoms with Crippen LogP contribution in [-0.2, 0) is 0 Å². The zero-order chi connectivity index (χ0) is 14.5. The summed E-state index contributed by atoms with van der Waals surface area (Å²) in [6, 6.07) is 12.7. The lowest BCUT2D eigenvalue weighted by atomic mass is 10.1. The lowest BCUT2D eigenvalue weighted by molar-refractivity contribution is 0.0697. The molecule has 102 valence electrons. The van der Waals surface area contributed by atoms with Crippen molar-refractivity contribution in [1.29, 1.82) is 0 Å². The van der Waals surface area contributed by atoms with E-state index in [2.05, 4.69) is 5.32 Å². The highest BCUT2D eigenvalue weighted by Crippen LogP contribution is 2.16. The first-order valence-corrected chi connectivity index (χ1v) is 5.89. The molecule has 2 aromatic rings. The molecule has 0 radical (unpaired) electrons. The molecule has 2 aromatic carbocycles. The number of rotatable bonds is 4. The van der Waals surface area contributed by atoms with Crippen LogP contribution in [0.5, 0.6) is 5.75 Å². The van der Waals surface area contributed by atoms with Gasteiger partial charge in [0.2, 0.25) is 0 Å². The summed E-state index contributed by atoms with van der Waals surface area (Å²) in [6.07, 6.45) is 0. The minimum absolute atomic E-state index is 0.0763. The van der Waals surface area contributed by atoms with E-state index in [0.717, 1.165) is 0 Å². The molecule has 0 unspecified atom stereocenters. The average molecular weight is 271 g/mol. The summed E-state index contributed by atoms with van der Waals surface area (Å²) in [5.74, 6) is -0.738. The molecule has 0 atom stereocenters. The van der Waals surface area contributed by atoms with Gasteiger partial charge in [-0.1, -0.05) is 6.07 Å². The highest BCUT2D eigenvalue weighted by atomic mass is 16.5. The summed E-state index contributed by atoms with van der Waals surface area (Å²) >= 11 is 0. The van der Waals surface area contributed by atoms with Crippen molar-refractivity contribution >= 4 is 17.6 Å². The van der Waals surface area contributed by atoms with E-state index in [0.29, 0.717) is 17.0 Å². The monoisotopic (exact) mass is 271 g/mol.